The molecular weight excluding hydrogens is 391 g/mol. The van der Waals surface area contributed by atoms with Crippen LogP contribution in [0.4, 0.5) is 5.69 Å². The van der Waals surface area contributed by atoms with E-state index >= 15 is 0 Å². The molecule has 2 N–H and O–H groups in total. The molecule has 144 valence electrons. The van der Waals surface area contributed by atoms with Gasteiger partial charge in [-0.1, -0.05) is 29.3 Å². The first kappa shape index (κ1) is 17.9. The zero-order valence-electron chi connectivity index (χ0n) is 15.5. The Morgan fingerprint density at radius 2 is 1.61 bits per heavy atom. The van der Waals surface area contributed by atoms with Crippen LogP contribution in [0.15, 0.2) is 48.8 Å². The molecule has 28 heavy (non-hydrogen) atoms. The lowest BCUT2D eigenvalue weighted by molar-refractivity contribution is 0.261. The summed E-state index contributed by atoms with van der Waals surface area (Å²) in [6.45, 7) is 5.23. The van der Waals surface area contributed by atoms with E-state index in [1.165, 1.54) is 22.0 Å². The molecule has 0 unspecified atom stereocenters. The minimum atomic E-state index is 0.773. The summed E-state index contributed by atoms with van der Waals surface area (Å²) >= 11 is 12.4. The van der Waals surface area contributed by atoms with Crippen LogP contribution in [0.5, 0.6) is 0 Å². The molecule has 1 saturated heterocycles. The minimum absolute atomic E-state index is 0.773. The highest BCUT2D eigenvalue weighted by Crippen LogP contribution is 2.31. The summed E-state index contributed by atoms with van der Waals surface area (Å²) in [5.41, 5.74) is 4.81. The van der Waals surface area contributed by atoms with Crippen molar-refractivity contribution in [2.45, 2.75) is 6.42 Å². The molecule has 0 radical (unpaired) electrons. The lowest BCUT2D eigenvalue weighted by Gasteiger charge is -2.36. The number of benzene rings is 2. The third kappa shape index (κ3) is 3.37. The topological polar surface area (TPSA) is 38.1 Å². The van der Waals surface area contributed by atoms with Gasteiger partial charge in [0.1, 0.15) is 0 Å². The second kappa shape index (κ2) is 7.36. The van der Waals surface area contributed by atoms with Gasteiger partial charge in [0.05, 0.1) is 0 Å². The van der Waals surface area contributed by atoms with Crippen LogP contribution < -0.4 is 4.90 Å². The fourth-order valence-corrected chi connectivity index (χ4v) is 4.62. The molecule has 1 fully saturated rings. The van der Waals surface area contributed by atoms with Crippen molar-refractivity contribution >= 4 is 50.7 Å². The maximum atomic E-state index is 6.32. The summed E-state index contributed by atoms with van der Waals surface area (Å²) in [6.07, 6.45) is 5.14. The normalized spacial score (nSPS) is 15.7. The van der Waals surface area contributed by atoms with Crippen molar-refractivity contribution in [3.63, 3.8) is 0 Å². The van der Waals surface area contributed by atoms with Gasteiger partial charge in [0.15, 0.2) is 0 Å². The van der Waals surface area contributed by atoms with E-state index < -0.39 is 0 Å². The van der Waals surface area contributed by atoms with Crippen molar-refractivity contribution in [1.82, 2.24) is 14.9 Å². The van der Waals surface area contributed by atoms with E-state index in [1.807, 2.05) is 24.4 Å². The number of aromatic nitrogens is 2. The Morgan fingerprint density at radius 3 is 2.46 bits per heavy atom. The number of fused-ring (bicyclic) bond motifs is 2. The van der Waals surface area contributed by atoms with Gasteiger partial charge in [0.25, 0.3) is 0 Å². The number of hydrogen-bond acceptors (Lipinski definition) is 2. The Balaban J connectivity index is 1.24. The molecule has 4 aromatic rings. The van der Waals surface area contributed by atoms with Gasteiger partial charge >= 0.3 is 0 Å². The maximum absolute atomic E-state index is 6.32. The Labute approximate surface area is 174 Å². The smallest absolute Gasteiger partial charge is 0.0489 e. The number of nitrogens with one attached hydrogen (secondary N) is 2. The van der Waals surface area contributed by atoms with E-state index in [4.69, 9.17) is 23.2 Å². The zero-order chi connectivity index (χ0) is 19.1. The van der Waals surface area contributed by atoms with Crippen LogP contribution in [0, 0.1) is 0 Å². The van der Waals surface area contributed by atoms with Gasteiger partial charge in [0.2, 0.25) is 0 Å². The summed E-state index contributed by atoms with van der Waals surface area (Å²) in [7, 11) is 0. The van der Waals surface area contributed by atoms with Crippen molar-refractivity contribution in [1.29, 1.82) is 0 Å². The van der Waals surface area contributed by atoms with E-state index in [2.05, 4.69) is 44.2 Å². The summed E-state index contributed by atoms with van der Waals surface area (Å²) in [5, 5.41) is 4.08. The van der Waals surface area contributed by atoms with Gasteiger partial charge < -0.3 is 14.9 Å². The summed E-state index contributed by atoms with van der Waals surface area (Å²) < 4.78 is 0. The van der Waals surface area contributed by atoms with Crippen LogP contribution in [0.25, 0.3) is 21.8 Å². The molecule has 1 aliphatic heterocycles. The number of nitrogens with zero attached hydrogens (tertiary/aromatic N) is 2. The molecule has 0 atom stereocenters. The predicted octanol–water partition coefficient (Wildman–Crippen LogP) is 5.32. The number of halogens is 2. The number of aromatic amines is 2. The van der Waals surface area contributed by atoms with Crippen LogP contribution >= 0.6 is 23.2 Å². The standard InChI is InChI=1S/C22H22Cl2N4/c23-16-1-2-18-15(14-26-20(18)11-16)4-6-27-7-9-28(10-8-27)22-13-17(24)12-21-19(22)3-5-25-21/h1-3,5,11-14,25-26H,4,6-10H2. The van der Waals surface area contributed by atoms with Gasteiger partial charge in [0, 0.05) is 82.7 Å². The van der Waals surface area contributed by atoms with Crippen molar-refractivity contribution in [2.24, 2.45) is 0 Å². The maximum Gasteiger partial charge on any atom is 0.0489 e. The van der Waals surface area contributed by atoms with E-state index in [0.717, 1.165) is 60.2 Å². The number of piperazine rings is 1. The number of hydrogen-bond donors (Lipinski definition) is 2. The van der Waals surface area contributed by atoms with Crippen LogP contribution in [-0.4, -0.2) is 47.6 Å². The summed E-state index contributed by atoms with van der Waals surface area (Å²) in [5.74, 6) is 0. The molecule has 0 saturated carbocycles. The van der Waals surface area contributed by atoms with Crippen molar-refractivity contribution in [3.8, 4) is 0 Å². The summed E-state index contributed by atoms with van der Waals surface area (Å²) in [4.78, 5) is 11.6. The average molecular weight is 413 g/mol. The molecule has 5 rings (SSSR count). The Hall–Kier alpha value is -2.14. The van der Waals surface area contributed by atoms with E-state index in [-0.39, 0.29) is 0 Å². The minimum Gasteiger partial charge on any atom is -0.368 e. The molecule has 0 spiro atoms. The highest BCUT2D eigenvalue weighted by Gasteiger charge is 2.19. The highest BCUT2D eigenvalue weighted by molar-refractivity contribution is 6.32. The Morgan fingerprint density at radius 1 is 0.821 bits per heavy atom. The monoisotopic (exact) mass is 412 g/mol. The number of anilines is 1. The van der Waals surface area contributed by atoms with Gasteiger partial charge in [-0.05, 0) is 42.3 Å². The molecule has 0 bridgehead atoms. The molecule has 0 amide bonds. The Kier molecular flexibility index (Phi) is 4.71. The van der Waals surface area contributed by atoms with Gasteiger partial charge in [-0.3, -0.25) is 4.90 Å². The molecule has 6 heteroatoms. The van der Waals surface area contributed by atoms with Gasteiger partial charge in [-0.25, -0.2) is 0 Å². The van der Waals surface area contributed by atoms with Crippen molar-refractivity contribution in [2.75, 3.05) is 37.6 Å². The molecule has 0 aliphatic carbocycles. The second-order valence-electron chi connectivity index (χ2n) is 7.45. The Bertz CT molecular complexity index is 1120. The molecule has 4 nitrogen and oxygen atoms in total. The summed E-state index contributed by atoms with van der Waals surface area (Å²) in [6, 6.07) is 12.3. The molecular formula is C22H22Cl2N4. The van der Waals surface area contributed by atoms with E-state index in [9.17, 15) is 0 Å². The number of rotatable bonds is 4. The average Bonchev–Trinajstić information content (AvgIpc) is 3.32. The first-order valence-electron chi connectivity index (χ1n) is 9.67. The first-order chi connectivity index (χ1) is 13.7. The largest absolute Gasteiger partial charge is 0.368 e. The fourth-order valence-electron chi connectivity index (χ4n) is 4.23. The second-order valence-corrected chi connectivity index (χ2v) is 8.32. The molecule has 3 heterocycles. The van der Waals surface area contributed by atoms with E-state index in [0.29, 0.717) is 0 Å². The van der Waals surface area contributed by atoms with Crippen LogP contribution in [0.2, 0.25) is 10.0 Å². The lowest BCUT2D eigenvalue weighted by atomic mass is 10.1. The quantitative estimate of drug-likeness (QED) is 0.475. The third-order valence-corrected chi connectivity index (χ3v) is 6.20. The molecule has 2 aromatic carbocycles. The van der Waals surface area contributed by atoms with Gasteiger partial charge in [-0.2, -0.15) is 0 Å². The number of H-pyrrole nitrogens is 2. The third-order valence-electron chi connectivity index (χ3n) is 5.75. The lowest BCUT2D eigenvalue weighted by Crippen LogP contribution is -2.47. The van der Waals surface area contributed by atoms with Gasteiger partial charge in [-0.15, -0.1) is 0 Å². The highest BCUT2D eigenvalue weighted by atomic mass is 35.5. The van der Waals surface area contributed by atoms with E-state index in [1.54, 1.807) is 0 Å². The van der Waals surface area contributed by atoms with Crippen LogP contribution in [-0.2, 0) is 6.42 Å². The fraction of sp³-hybridized carbons (Fsp3) is 0.273. The molecule has 1 aliphatic rings. The van der Waals surface area contributed by atoms with Crippen LogP contribution in [0.3, 0.4) is 0 Å². The molecule has 2 aromatic heterocycles. The van der Waals surface area contributed by atoms with Crippen molar-refractivity contribution in [3.05, 3.63) is 64.4 Å². The first-order valence-corrected chi connectivity index (χ1v) is 10.4. The zero-order valence-corrected chi connectivity index (χ0v) is 17.0. The predicted molar refractivity (Wildman–Crippen MR) is 119 cm³/mol. The SMILES string of the molecule is Clc1ccc2c(CCN3CCN(c4cc(Cl)cc5[nH]ccc45)CC3)c[nH]c2c1. The van der Waals surface area contributed by atoms with Crippen molar-refractivity contribution < 1.29 is 0 Å². The van der Waals surface area contributed by atoms with Crippen LogP contribution in [0.1, 0.15) is 5.56 Å².